The first kappa shape index (κ1) is 38.2. The van der Waals surface area contributed by atoms with Crippen LogP contribution in [0.2, 0.25) is 0 Å². The predicted molar refractivity (Wildman–Crippen MR) is 269 cm³/mol. The van der Waals surface area contributed by atoms with Crippen LogP contribution in [0.3, 0.4) is 0 Å². The Morgan fingerprint density at radius 2 is 0.785 bits per heavy atom. The molecule has 0 spiro atoms. The third-order valence-corrected chi connectivity index (χ3v) is 13.2. The lowest BCUT2D eigenvalue weighted by Crippen LogP contribution is -2.28. The van der Waals surface area contributed by atoms with Crippen molar-refractivity contribution in [3.05, 3.63) is 277 Å². The summed E-state index contributed by atoms with van der Waals surface area (Å²) < 4.78 is 0. The lowest BCUT2D eigenvalue weighted by molar-refractivity contribution is 0.769. The highest BCUT2D eigenvalue weighted by Crippen LogP contribution is 2.59. The van der Waals surface area contributed by atoms with Crippen LogP contribution in [0.25, 0.3) is 88.9 Å². The molecule has 2 aromatic heterocycles. The summed E-state index contributed by atoms with van der Waals surface area (Å²) in [5.41, 5.74) is 20.1. The molecule has 65 heavy (non-hydrogen) atoms. The van der Waals surface area contributed by atoms with Crippen molar-refractivity contribution in [1.82, 2.24) is 9.97 Å². The topological polar surface area (TPSA) is 25.8 Å². The lowest BCUT2D eigenvalue weighted by atomic mass is 9.67. The quantitative estimate of drug-likeness (QED) is 0.152. The van der Waals surface area contributed by atoms with Gasteiger partial charge < -0.3 is 0 Å². The normalized spacial score (nSPS) is 12.4. The minimum atomic E-state index is -0.550. The van der Waals surface area contributed by atoms with Crippen LogP contribution in [0.4, 0.5) is 0 Å². The monoisotopic (exact) mass is 826 g/mol. The number of pyridine rings is 2. The highest BCUT2D eigenvalue weighted by atomic mass is 14.7. The van der Waals surface area contributed by atoms with Gasteiger partial charge in [-0.25, -0.2) is 4.98 Å². The summed E-state index contributed by atoms with van der Waals surface area (Å²) in [5.74, 6) is 0. The standard InChI is InChI=1S/C63H42N2/c1-5-18-43(19-6-1)49-39-60(46-20-7-2-8-21-46)65-61(40-49)51-37-48(45-33-31-44(32-34-45)47-22-17-35-64-42-47)36-50(38-51)57-41-59-62(55-28-14-13-27-54(55)57)56-29-15-16-30-58(56)63(59,52-23-9-3-10-24-52)53-25-11-4-12-26-53/h1-42H. The molecule has 0 unspecified atom stereocenters. The molecule has 0 aliphatic heterocycles. The Balaban J connectivity index is 1.15. The third kappa shape index (κ3) is 6.58. The summed E-state index contributed by atoms with van der Waals surface area (Å²) in [5, 5.41) is 2.45. The second-order valence-corrected chi connectivity index (χ2v) is 16.9. The Kier molecular flexibility index (Phi) is 9.43. The Morgan fingerprint density at radius 1 is 0.292 bits per heavy atom. The van der Waals surface area contributed by atoms with E-state index in [0.29, 0.717) is 0 Å². The van der Waals surface area contributed by atoms with Gasteiger partial charge in [0.15, 0.2) is 0 Å². The number of hydrogen-bond acceptors (Lipinski definition) is 2. The second kappa shape index (κ2) is 16.0. The maximum atomic E-state index is 5.47. The fourth-order valence-electron chi connectivity index (χ4n) is 10.3. The van der Waals surface area contributed by atoms with Gasteiger partial charge in [0.25, 0.3) is 0 Å². The summed E-state index contributed by atoms with van der Waals surface area (Å²) in [7, 11) is 0. The average Bonchev–Trinajstić information content (AvgIpc) is 3.70. The fourth-order valence-corrected chi connectivity index (χ4v) is 10.3. The molecule has 0 fully saturated rings. The van der Waals surface area contributed by atoms with Crippen LogP contribution in [0.1, 0.15) is 22.3 Å². The lowest BCUT2D eigenvalue weighted by Gasteiger charge is -2.34. The summed E-state index contributed by atoms with van der Waals surface area (Å²) in [6, 6.07) is 88.4. The summed E-state index contributed by atoms with van der Waals surface area (Å²) >= 11 is 0. The zero-order valence-corrected chi connectivity index (χ0v) is 35.6. The molecule has 0 bridgehead atoms. The first-order valence-corrected chi connectivity index (χ1v) is 22.3. The van der Waals surface area contributed by atoms with Crippen LogP contribution in [-0.4, -0.2) is 9.97 Å². The zero-order valence-electron chi connectivity index (χ0n) is 35.6. The van der Waals surface area contributed by atoms with Gasteiger partial charge >= 0.3 is 0 Å². The van der Waals surface area contributed by atoms with Crippen molar-refractivity contribution in [2.24, 2.45) is 0 Å². The zero-order chi connectivity index (χ0) is 43.2. The molecular formula is C63H42N2. The first-order chi connectivity index (χ1) is 32.2. The summed E-state index contributed by atoms with van der Waals surface area (Å²) in [6.45, 7) is 0. The van der Waals surface area contributed by atoms with Crippen LogP contribution >= 0.6 is 0 Å². The van der Waals surface area contributed by atoms with Gasteiger partial charge in [0.05, 0.1) is 16.8 Å². The molecule has 12 rings (SSSR count). The average molecular weight is 827 g/mol. The third-order valence-electron chi connectivity index (χ3n) is 13.2. The van der Waals surface area contributed by atoms with Gasteiger partial charge in [-0.15, -0.1) is 0 Å². The van der Waals surface area contributed by atoms with Gasteiger partial charge in [-0.3, -0.25) is 4.98 Å². The largest absolute Gasteiger partial charge is 0.264 e. The van der Waals surface area contributed by atoms with Crippen molar-refractivity contribution in [1.29, 1.82) is 0 Å². The number of benzene rings is 9. The number of rotatable bonds is 8. The molecule has 0 saturated heterocycles. The number of aromatic nitrogens is 2. The van der Waals surface area contributed by atoms with E-state index >= 15 is 0 Å². The molecule has 1 aliphatic carbocycles. The SMILES string of the molecule is c1ccc(-c2cc(-c3ccccc3)nc(-c3cc(-c4ccc(-c5cccnc5)cc4)cc(-c4cc5c(c6ccccc46)-c4ccccc4C5(c4ccccc4)c4ccccc4)c3)c2)cc1. The maximum absolute atomic E-state index is 5.47. The van der Waals surface area contributed by atoms with Crippen LogP contribution in [0, 0.1) is 0 Å². The Bertz CT molecular complexity index is 3400. The van der Waals surface area contributed by atoms with E-state index in [0.717, 1.165) is 61.5 Å². The van der Waals surface area contributed by atoms with Crippen LogP contribution in [-0.2, 0) is 5.41 Å². The van der Waals surface area contributed by atoms with Crippen molar-refractivity contribution in [2.75, 3.05) is 0 Å². The van der Waals surface area contributed by atoms with Gasteiger partial charge in [-0.2, -0.15) is 0 Å². The highest BCUT2D eigenvalue weighted by Gasteiger charge is 2.47. The molecule has 9 aromatic carbocycles. The minimum Gasteiger partial charge on any atom is -0.264 e. The molecule has 2 nitrogen and oxygen atoms in total. The van der Waals surface area contributed by atoms with Crippen LogP contribution < -0.4 is 0 Å². The number of hydrogen-bond donors (Lipinski definition) is 0. The van der Waals surface area contributed by atoms with Gasteiger partial charge in [-0.1, -0.05) is 200 Å². The van der Waals surface area contributed by atoms with Crippen molar-refractivity contribution >= 4 is 10.8 Å². The fraction of sp³-hybridized carbons (Fsp3) is 0.0159. The summed E-state index contributed by atoms with van der Waals surface area (Å²) in [4.78, 5) is 9.86. The van der Waals surface area contributed by atoms with Gasteiger partial charge in [0, 0.05) is 23.5 Å². The molecule has 304 valence electrons. The Labute approximate surface area is 379 Å². The molecule has 0 radical (unpaired) electrons. The second-order valence-electron chi connectivity index (χ2n) is 16.9. The smallest absolute Gasteiger partial charge is 0.0716 e. The van der Waals surface area contributed by atoms with Crippen molar-refractivity contribution in [2.45, 2.75) is 5.41 Å². The van der Waals surface area contributed by atoms with Crippen molar-refractivity contribution in [3.8, 4) is 78.1 Å². The van der Waals surface area contributed by atoms with Gasteiger partial charge in [0.1, 0.15) is 0 Å². The Hall–Kier alpha value is -8.46. The molecule has 2 heterocycles. The van der Waals surface area contributed by atoms with Crippen molar-refractivity contribution < 1.29 is 0 Å². The van der Waals surface area contributed by atoms with Crippen LogP contribution in [0.5, 0.6) is 0 Å². The van der Waals surface area contributed by atoms with E-state index in [-0.39, 0.29) is 0 Å². The van der Waals surface area contributed by atoms with E-state index in [1.807, 2.05) is 18.5 Å². The highest BCUT2D eigenvalue weighted by molar-refractivity contribution is 6.10. The molecule has 0 amide bonds. The molecule has 11 aromatic rings. The summed E-state index contributed by atoms with van der Waals surface area (Å²) in [6.07, 6.45) is 3.74. The maximum Gasteiger partial charge on any atom is 0.0716 e. The predicted octanol–water partition coefficient (Wildman–Crippen LogP) is 16.0. The van der Waals surface area contributed by atoms with E-state index in [2.05, 4.69) is 242 Å². The van der Waals surface area contributed by atoms with Gasteiger partial charge in [0.2, 0.25) is 0 Å². The van der Waals surface area contributed by atoms with E-state index in [1.165, 1.54) is 49.7 Å². The molecule has 0 N–H and O–H groups in total. The molecule has 1 aliphatic rings. The number of nitrogens with zero attached hydrogens (tertiary/aromatic N) is 2. The van der Waals surface area contributed by atoms with E-state index < -0.39 is 5.41 Å². The molecule has 0 saturated carbocycles. The number of fused-ring (bicyclic) bond motifs is 5. The molecular weight excluding hydrogens is 785 g/mol. The van der Waals surface area contributed by atoms with Crippen LogP contribution in [0.15, 0.2) is 255 Å². The molecule has 0 atom stereocenters. The van der Waals surface area contributed by atoms with E-state index in [1.54, 1.807) is 0 Å². The van der Waals surface area contributed by atoms with Crippen molar-refractivity contribution in [3.63, 3.8) is 0 Å². The van der Waals surface area contributed by atoms with E-state index in [9.17, 15) is 0 Å². The minimum absolute atomic E-state index is 0.550. The molecule has 2 heteroatoms. The van der Waals surface area contributed by atoms with E-state index in [4.69, 9.17) is 4.98 Å². The first-order valence-electron chi connectivity index (χ1n) is 22.3. The van der Waals surface area contributed by atoms with Gasteiger partial charge in [-0.05, 0) is 131 Å². The Morgan fingerprint density at radius 3 is 1.45 bits per heavy atom.